The van der Waals surface area contributed by atoms with E-state index in [0.29, 0.717) is 0 Å². The molecule has 9 heteroatoms. The van der Waals surface area contributed by atoms with Gasteiger partial charge in [-0.15, -0.1) is 0 Å². The smallest absolute Gasteiger partial charge is 0.432 e. The summed E-state index contributed by atoms with van der Waals surface area (Å²) < 4.78 is 48.4. The van der Waals surface area contributed by atoms with E-state index >= 15 is 0 Å². The van der Waals surface area contributed by atoms with Gasteiger partial charge < -0.3 is 14.6 Å². The average molecular weight is 349 g/mol. The van der Waals surface area contributed by atoms with Crippen molar-refractivity contribution >= 4 is 17.7 Å². The van der Waals surface area contributed by atoms with Gasteiger partial charge in [0.25, 0.3) is 5.60 Å². The van der Waals surface area contributed by atoms with Gasteiger partial charge in [0.05, 0.1) is 13.2 Å². The van der Waals surface area contributed by atoms with Gasteiger partial charge in [-0.3, -0.25) is 4.90 Å². The number of hydrogen-bond acceptors (Lipinski definition) is 5. The number of benzene rings is 1. The molecule has 1 N–H and O–H groups in total. The highest BCUT2D eigenvalue weighted by atomic mass is 19.4. The Morgan fingerprint density at radius 1 is 1.17 bits per heavy atom. The quantitative estimate of drug-likeness (QED) is 0.846. The molecule has 0 bridgehead atoms. The molecule has 24 heavy (non-hydrogen) atoms. The van der Waals surface area contributed by atoms with Crippen LogP contribution in [0.4, 0.5) is 23.7 Å². The lowest BCUT2D eigenvalue weighted by Crippen LogP contribution is -2.49. The van der Waals surface area contributed by atoms with Crippen molar-refractivity contribution in [3.63, 3.8) is 0 Å². The Labute approximate surface area is 136 Å². The highest BCUT2D eigenvalue weighted by molar-refractivity contribution is 5.87. The van der Waals surface area contributed by atoms with Gasteiger partial charge in [-0.1, -0.05) is 12.1 Å². The van der Waals surface area contributed by atoms with Crippen molar-refractivity contribution in [2.75, 3.05) is 19.1 Å². The number of aliphatic hydroxyl groups is 1. The molecule has 134 valence electrons. The number of esters is 1. The molecular weight excluding hydrogens is 331 g/mol. The Morgan fingerprint density at radius 2 is 1.67 bits per heavy atom. The van der Waals surface area contributed by atoms with Crippen LogP contribution >= 0.6 is 0 Å². The van der Waals surface area contributed by atoms with Crippen molar-refractivity contribution in [2.24, 2.45) is 0 Å². The highest BCUT2D eigenvalue weighted by Gasteiger charge is 2.62. The Bertz CT molecular complexity index is 600. The number of rotatable bonds is 4. The van der Waals surface area contributed by atoms with Gasteiger partial charge in [0, 0.05) is 18.3 Å². The van der Waals surface area contributed by atoms with Crippen LogP contribution in [0.5, 0.6) is 0 Å². The number of carbonyl (C=O) groups excluding carboxylic acids is 2. The fraction of sp³-hybridized carbons (Fsp3) is 0.467. The number of halogens is 3. The Balaban J connectivity index is 3.17. The Morgan fingerprint density at radius 3 is 2.04 bits per heavy atom. The fourth-order valence-corrected chi connectivity index (χ4v) is 1.86. The summed E-state index contributed by atoms with van der Waals surface area (Å²) >= 11 is 0. The van der Waals surface area contributed by atoms with E-state index in [1.165, 1.54) is 7.05 Å². The molecule has 1 rings (SSSR count). The van der Waals surface area contributed by atoms with Crippen molar-refractivity contribution in [3.8, 4) is 0 Å². The molecule has 1 aromatic rings. The molecule has 0 heterocycles. The number of carbonyl (C=O) groups is 2. The zero-order valence-electron chi connectivity index (χ0n) is 13.5. The minimum Gasteiger partial charge on any atom is -0.466 e. The summed E-state index contributed by atoms with van der Waals surface area (Å²) in [6.07, 6.45) is -6.34. The van der Waals surface area contributed by atoms with Crippen LogP contribution in [-0.4, -0.2) is 43.6 Å². The van der Waals surface area contributed by atoms with Crippen LogP contribution in [0.2, 0.25) is 0 Å². The number of alkyl halides is 3. The maximum atomic E-state index is 13.1. The normalized spacial score (nSPS) is 14.0. The lowest BCUT2D eigenvalue weighted by molar-refractivity contribution is -0.266. The average Bonchev–Trinajstić information content (AvgIpc) is 2.50. The zero-order chi connectivity index (χ0) is 18.7. The van der Waals surface area contributed by atoms with Crippen molar-refractivity contribution in [2.45, 2.75) is 31.7 Å². The minimum atomic E-state index is -5.27. The molecule has 1 atom stereocenters. The first-order chi connectivity index (χ1) is 10.9. The molecule has 1 amide bonds. The van der Waals surface area contributed by atoms with Gasteiger partial charge in [0.1, 0.15) is 0 Å². The standard InChI is InChI=1S/C15H18F3NO5/c1-9(2)24-13(21)19(3)11-7-5-10(6-8-11)14(22,12(20)23-4)15(16,17)18/h5-9,22H,1-4H3/t14-/m0/s1. The Hall–Kier alpha value is -2.29. The fourth-order valence-electron chi connectivity index (χ4n) is 1.86. The van der Waals surface area contributed by atoms with Gasteiger partial charge >= 0.3 is 18.2 Å². The molecule has 0 saturated heterocycles. The SMILES string of the molecule is COC(=O)[C@@](O)(c1ccc(N(C)C(=O)OC(C)C)cc1)C(F)(F)F. The van der Waals surface area contributed by atoms with Crippen molar-refractivity contribution in [3.05, 3.63) is 29.8 Å². The van der Waals surface area contributed by atoms with E-state index in [4.69, 9.17) is 4.74 Å². The van der Waals surface area contributed by atoms with Gasteiger partial charge in [-0.2, -0.15) is 13.2 Å². The first-order valence-electron chi connectivity index (χ1n) is 6.87. The van der Waals surface area contributed by atoms with E-state index in [0.717, 1.165) is 36.3 Å². The number of methoxy groups -OCH3 is 1. The van der Waals surface area contributed by atoms with Crippen LogP contribution < -0.4 is 4.90 Å². The van der Waals surface area contributed by atoms with Gasteiger partial charge in [0.2, 0.25) is 0 Å². The zero-order valence-corrected chi connectivity index (χ0v) is 13.5. The first kappa shape index (κ1) is 19.8. The summed E-state index contributed by atoms with van der Waals surface area (Å²) in [6, 6.07) is 4.07. The van der Waals surface area contributed by atoms with E-state index in [9.17, 15) is 27.9 Å². The lowest BCUT2D eigenvalue weighted by Gasteiger charge is -2.28. The predicted molar refractivity (Wildman–Crippen MR) is 78.4 cm³/mol. The molecule has 0 aliphatic heterocycles. The largest absolute Gasteiger partial charge is 0.466 e. The van der Waals surface area contributed by atoms with Crippen LogP contribution in [0, 0.1) is 0 Å². The summed E-state index contributed by atoms with van der Waals surface area (Å²) in [5.41, 5.74) is -4.30. The number of hydrogen-bond donors (Lipinski definition) is 1. The summed E-state index contributed by atoms with van der Waals surface area (Å²) in [5, 5.41) is 9.84. The number of nitrogens with zero attached hydrogens (tertiary/aromatic N) is 1. The molecule has 0 spiro atoms. The summed E-state index contributed by atoms with van der Waals surface area (Å²) in [6.45, 7) is 3.29. The molecule has 0 fully saturated rings. The third-order valence-electron chi connectivity index (χ3n) is 3.17. The molecule has 0 saturated carbocycles. The van der Waals surface area contributed by atoms with Gasteiger partial charge in [0.15, 0.2) is 0 Å². The molecule has 1 aromatic carbocycles. The summed E-state index contributed by atoms with van der Waals surface area (Å²) in [7, 11) is 2.11. The third-order valence-corrected chi connectivity index (χ3v) is 3.17. The Kier molecular flexibility index (Phi) is 5.83. The van der Waals surface area contributed by atoms with Gasteiger partial charge in [-0.05, 0) is 26.0 Å². The van der Waals surface area contributed by atoms with E-state index in [-0.39, 0.29) is 11.8 Å². The second-order valence-electron chi connectivity index (χ2n) is 5.24. The maximum Gasteiger partial charge on any atom is 0.432 e. The van der Waals surface area contributed by atoms with E-state index in [1.807, 2.05) is 0 Å². The molecule has 0 aliphatic rings. The van der Waals surface area contributed by atoms with Crippen LogP contribution in [0.1, 0.15) is 19.4 Å². The molecule has 0 aliphatic carbocycles. The molecule has 6 nitrogen and oxygen atoms in total. The van der Waals surface area contributed by atoms with Crippen molar-refractivity contribution in [1.29, 1.82) is 0 Å². The van der Waals surface area contributed by atoms with Crippen molar-refractivity contribution < 1.29 is 37.3 Å². The van der Waals surface area contributed by atoms with Crippen LogP contribution in [0.3, 0.4) is 0 Å². The monoisotopic (exact) mass is 349 g/mol. The van der Waals surface area contributed by atoms with Crippen LogP contribution in [0.25, 0.3) is 0 Å². The molecular formula is C15H18F3NO5. The van der Waals surface area contributed by atoms with E-state index < -0.39 is 29.4 Å². The topological polar surface area (TPSA) is 76.1 Å². The molecule has 0 radical (unpaired) electrons. The first-order valence-corrected chi connectivity index (χ1v) is 6.87. The molecule has 0 aromatic heterocycles. The van der Waals surface area contributed by atoms with E-state index in [2.05, 4.69) is 4.74 Å². The van der Waals surface area contributed by atoms with Crippen LogP contribution in [-0.2, 0) is 19.9 Å². The number of anilines is 1. The highest BCUT2D eigenvalue weighted by Crippen LogP contribution is 2.40. The summed E-state index contributed by atoms with van der Waals surface area (Å²) in [5.74, 6) is -1.85. The predicted octanol–water partition coefficient (Wildman–Crippen LogP) is 2.59. The summed E-state index contributed by atoms with van der Waals surface area (Å²) in [4.78, 5) is 24.3. The second-order valence-corrected chi connectivity index (χ2v) is 5.24. The maximum absolute atomic E-state index is 13.1. The minimum absolute atomic E-state index is 0.221. The lowest BCUT2D eigenvalue weighted by atomic mass is 9.93. The van der Waals surface area contributed by atoms with Gasteiger partial charge in [-0.25, -0.2) is 9.59 Å². The van der Waals surface area contributed by atoms with Crippen LogP contribution in [0.15, 0.2) is 24.3 Å². The number of amides is 1. The number of ether oxygens (including phenoxy) is 2. The van der Waals surface area contributed by atoms with E-state index in [1.54, 1.807) is 13.8 Å². The molecule has 0 unspecified atom stereocenters. The second kappa shape index (κ2) is 7.08. The third kappa shape index (κ3) is 3.78. The van der Waals surface area contributed by atoms with Crippen molar-refractivity contribution in [1.82, 2.24) is 0 Å².